The largest absolute Gasteiger partial charge is 0.369 e. The molecular formula is C25H44N6O. The van der Waals surface area contributed by atoms with E-state index in [9.17, 15) is 4.79 Å². The van der Waals surface area contributed by atoms with Gasteiger partial charge in [0.2, 0.25) is 5.91 Å². The Labute approximate surface area is 194 Å². The van der Waals surface area contributed by atoms with Gasteiger partial charge in [-0.2, -0.15) is 0 Å². The fraction of sp³-hybridized carbons (Fsp3) is 0.680. The van der Waals surface area contributed by atoms with Gasteiger partial charge in [-0.15, -0.1) is 0 Å². The van der Waals surface area contributed by atoms with Crippen LogP contribution in [0.3, 0.4) is 0 Å². The van der Waals surface area contributed by atoms with Crippen molar-refractivity contribution in [1.82, 2.24) is 20.4 Å². The summed E-state index contributed by atoms with van der Waals surface area (Å²) in [6.07, 6.45) is 4.04. The van der Waals surface area contributed by atoms with Gasteiger partial charge in [-0.05, 0) is 70.9 Å². The highest BCUT2D eigenvalue weighted by Crippen LogP contribution is 2.20. The molecule has 32 heavy (non-hydrogen) atoms. The summed E-state index contributed by atoms with van der Waals surface area (Å²) < 4.78 is 0. The number of unbranched alkanes of at least 4 members (excludes halogenated alkanes) is 1. The predicted molar refractivity (Wildman–Crippen MR) is 134 cm³/mol. The molecule has 0 spiro atoms. The molecule has 0 radical (unpaired) electrons. The fourth-order valence-electron chi connectivity index (χ4n) is 4.40. The van der Waals surface area contributed by atoms with Crippen LogP contribution in [0.1, 0.15) is 58.1 Å². The first-order chi connectivity index (χ1) is 15.6. The first kappa shape index (κ1) is 26.1. The molecule has 1 unspecified atom stereocenters. The molecule has 0 bridgehead atoms. The van der Waals surface area contributed by atoms with Crippen molar-refractivity contribution < 1.29 is 4.79 Å². The van der Waals surface area contributed by atoms with Crippen molar-refractivity contribution in [1.29, 1.82) is 0 Å². The van der Waals surface area contributed by atoms with Crippen molar-refractivity contribution >= 4 is 11.9 Å². The number of rotatable bonds is 13. The Balaban J connectivity index is 1.79. The molecule has 1 fully saturated rings. The number of likely N-dealkylation sites (tertiary alicyclic amines) is 1. The molecule has 1 heterocycles. The predicted octanol–water partition coefficient (Wildman–Crippen LogP) is 2.60. The van der Waals surface area contributed by atoms with Crippen molar-refractivity contribution in [3.8, 4) is 0 Å². The molecule has 1 aliphatic rings. The van der Waals surface area contributed by atoms with Gasteiger partial charge in [-0.25, -0.2) is 0 Å². The molecule has 1 saturated heterocycles. The number of nitrogens with one attached hydrogen (secondary N) is 2. The lowest BCUT2D eigenvalue weighted by atomic mass is 9.96. The third-order valence-electron chi connectivity index (χ3n) is 6.39. The van der Waals surface area contributed by atoms with Gasteiger partial charge in [0.1, 0.15) is 0 Å². The summed E-state index contributed by atoms with van der Waals surface area (Å²) in [6.45, 7) is 14.1. The van der Waals surface area contributed by atoms with Crippen LogP contribution in [0.15, 0.2) is 35.3 Å². The topological polar surface area (TPSA) is 86.0 Å². The molecule has 1 aromatic carbocycles. The Hall–Kier alpha value is -2.12. The number of guanidine groups is 1. The molecule has 1 aliphatic heterocycles. The van der Waals surface area contributed by atoms with Crippen molar-refractivity contribution in [3.63, 3.8) is 0 Å². The summed E-state index contributed by atoms with van der Waals surface area (Å²) >= 11 is 0. The average molecular weight is 445 g/mol. The molecule has 2 rings (SSSR count). The third-order valence-corrected chi connectivity index (χ3v) is 6.39. The van der Waals surface area contributed by atoms with Crippen LogP contribution in [-0.4, -0.2) is 74.0 Å². The number of likely N-dealkylation sites (N-methyl/N-ethyl adjacent to an activating group) is 1. The van der Waals surface area contributed by atoms with Gasteiger partial charge >= 0.3 is 0 Å². The quantitative estimate of drug-likeness (QED) is 0.247. The minimum Gasteiger partial charge on any atom is -0.369 e. The molecule has 4 N–H and O–H groups in total. The highest BCUT2D eigenvalue weighted by molar-refractivity contribution is 5.79. The lowest BCUT2D eigenvalue weighted by Crippen LogP contribution is -2.40. The smallest absolute Gasteiger partial charge is 0.220 e. The number of piperidine rings is 1. The minimum absolute atomic E-state index is 0.0721. The van der Waals surface area contributed by atoms with E-state index in [-0.39, 0.29) is 17.9 Å². The molecule has 1 atom stereocenters. The van der Waals surface area contributed by atoms with E-state index in [0.29, 0.717) is 0 Å². The summed E-state index contributed by atoms with van der Waals surface area (Å²) in [5.41, 5.74) is 6.74. The van der Waals surface area contributed by atoms with Crippen LogP contribution in [0.2, 0.25) is 0 Å². The van der Waals surface area contributed by atoms with Crippen LogP contribution in [-0.2, 0) is 4.79 Å². The van der Waals surface area contributed by atoms with E-state index in [2.05, 4.69) is 71.5 Å². The lowest BCUT2D eigenvalue weighted by Gasteiger charge is -2.30. The highest BCUT2D eigenvalue weighted by atomic mass is 16.1. The van der Waals surface area contributed by atoms with Crippen molar-refractivity contribution in [2.24, 2.45) is 16.6 Å². The number of nitrogens with zero attached hydrogens (tertiary/aromatic N) is 3. The van der Waals surface area contributed by atoms with Gasteiger partial charge in [-0.1, -0.05) is 44.2 Å². The molecule has 7 nitrogen and oxygen atoms in total. The first-order valence-electron chi connectivity index (χ1n) is 12.4. The fourth-order valence-corrected chi connectivity index (χ4v) is 4.40. The number of nitrogens with two attached hydrogens (primary N) is 1. The van der Waals surface area contributed by atoms with Gasteiger partial charge < -0.3 is 21.3 Å². The molecule has 180 valence electrons. The standard InChI is InChI=1S/C25H44N6O/c1-4-27-25(28-16-10-11-17-30-18-14-22(15-19-30)24(26)32)29-20-23(31(5-2)6-3)21-12-8-7-9-13-21/h7-9,12-13,22-23H,4-6,10-11,14-20H2,1-3H3,(H2,26,32)(H2,27,28,29). The van der Waals surface area contributed by atoms with Crippen LogP contribution < -0.4 is 16.4 Å². The van der Waals surface area contributed by atoms with Crippen LogP contribution in [0.25, 0.3) is 0 Å². The summed E-state index contributed by atoms with van der Waals surface area (Å²) in [6, 6.07) is 11.0. The SMILES string of the molecule is CCNC(=NCC(c1ccccc1)N(CC)CC)NCCCCN1CCC(C(N)=O)CC1. The van der Waals surface area contributed by atoms with Crippen LogP contribution >= 0.6 is 0 Å². The Morgan fingerprint density at radius 1 is 1.12 bits per heavy atom. The lowest BCUT2D eigenvalue weighted by molar-refractivity contribution is -0.123. The number of carbonyl (C=O) groups excluding carboxylic acids is 1. The van der Waals surface area contributed by atoms with Crippen molar-refractivity contribution in [2.75, 3.05) is 52.4 Å². The zero-order valence-corrected chi connectivity index (χ0v) is 20.4. The molecule has 7 heteroatoms. The van der Waals surface area contributed by atoms with Crippen molar-refractivity contribution in [2.45, 2.75) is 52.5 Å². The zero-order valence-electron chi connectivity index (χ0n) is 20.4. The average Bonchev–Trinajstić information content (AvgIpc) is 2.82. The number of aliphatic imine (C=N–C) groups is 1. The van der Waals surface area contributed by atoms with Gasteiger partial charge in [-0.3, -0.25) is 14.7 Å². The molecule has 1 amide bonds. The first-order valence-corrected chi connectivity index (χ1v) is 12.4. The monoisotopic (exact) mass is 444 g/mol. The van der Waals surface area contributed by atoms with Crippen LogP contribution in [0.4, 0.5) is 0 Å². The number of hydrogen-bond donors (Lipinski definition) is 3. The van der Waals surface area contributed by atoms with Gasteiger partial charge in [0, 0.05) is 19.0 Å². The second-order valence-electron chi connectivity index (χ2n) is 8.52. The van der Waals surface area contributed by atoms with E-state index in [0.717, 1.165) is 84.0 Å². The van der Waals surface area contributed by atoms with Crippen molar-refractivity contribution in [3.05, 3.63) is 35.9 Å². The molecule has 0 saturated carbocycles. The Morgan fingerprint density at radius 2 is 1.81 bits per heavy atom. The molecule has 0 aliphatic carbocycles. The van der Waals surface area contributed by atoms with E-state index >= 15 is 0 Å². The number of carbonyl (C=O) groups is 1. The second-order valence-corrected chi connectivity index (χ2v) is 8.52. The molecular weight excluding hydrogens is 400 g/mol. The summed E-state index contributed by atoms with van der Waals surface area (Å²) in [7, 11) is 0. The maximum absolute atomic E-state index is 11.3. The van der Waals surface area contributed by atoms with E-state index in [1.165, 1.54) is 5.56 Å². The van der Waals surface area contributed by atoms with E-state index in [4.69, 9.17) is 10.7 Å². The number of amides is 1. The van der Waals surface area contributed by atoms with Gasteiger partial charge in [0.25, 0.3) is 0 Å². The normalized spacial score (nSPS) is 16.8. The summed E-state index contributed by atoms with van der Waals surface area (Å²) in [4.78, 5) is 21.1. The Kier molecular flexibility index (Phi) is 12.1. The van der Waals surface area contributed by atoms with Crippen LogP contribution in [0.5, 0.6) is 0 Å². The van der Waals surface area contributed by atoms with E-state index in [1.54, 1.807) is 0 Å². The number of primary amides is 1. The minimum atomic E-state index is -0.139. The maximum atomic E-state index is 11.3. The van der Waals surface area contributed by atoms with Crippen LogP contribution in [0, 0.1) is 5.92 Å². The van der Waals surface area contributed by atoms with E-state index < -0.39 is 0 Å². The number of hydrogen-bond acceptors (Lipinski definition) is 4. The zero-order chi connectivity index (χ0) is 23.2. The summed E-state index contributed by atoms with van der Waals surface area (Å²) in [5.74, 6) is 0.824. The molecule has 1 aromatic rings. The van der Waals surface area contributed by atoms with Gasteiger partial charge in [0.05, 0.1) is 12.6 Å². The Bertz CT molecular complexity index is 668. The Morgan fingerprint density at radius 3 is 2.41 bits per heavy atom. The van der Waals surface area contributed by atoms with Gasteiger partial charge in [0.15, 0.2) is 5.96 Å². The third kappa shape index (κ3) is 8.79. The maximum Gasteiger partial charge on any atom is 0.220 e. The second kappa shape index (κ2) is 14.9. The summed E-state index contributed by atoms with van der Waals surface area (Å²) in [5, 5.41) is 6.89. The number of benzene rings is 1. The highest BCUT2D eigenvalue weighted by Gasteiger charge is 2.22. The molecule has 0 aromatic heterocycles. The van der Waals surface area contributed by atoms with E-state index in [1.807, 2.05) is 0 Å².